The number of hydrogen-bond donors (Lipinski definition) is 0. The van der Waals surface area contributed by atoms with Crippen molar-refractivity contribution in [2.45, 2.75) is 51.6 Å². The Morgan fingerprint density at radius 1 is 1.30 bits per heavy atom. The molecule has 0 N–H and O–H groups in total. The number of rotatable bonds is 4. The highest BCUT2D eigenvalue weighted by Gasteiger charge is 2.46. The van der Waals surface area contributed by atoms with Crippen molar-refractivity contribution in [1.82, 2.24) is 4.90 Å². The molecule has 0 saturated carbocycles. The van der Waals surface area contributed by atoms with Gasteiger partial charge in [0.15, 0.2) is 5.79 Å². The van der Waals surface area contributed by atoms with E-state index in [1.165, 1.54) is 0 Å². The average Bonchev–Trinajstić information content (AvgIpc) is 2.37. The van der Waals surface area contributed by atoms with Crippen molar-refractivity contribution in [2.75, 3.05) is 33.9 Å². The fourth-order valence-corrected chi connectivity index (χ4v) is 2.31. The maximum Gasteiger partial charge on any atom is 0.410 e. The number of nitrogens with zero attached hydrogens (tertiary/aromatic N) is 1. The van der Waals surface area contributed by atoms with Crippen molar-refractivity contribution in [3.05, 3.63) is 0 Å². The standard InChI is InChI=1S/C14H27NO5/c1-7-19-11-10-15(12(16)20-13(2,3)4)9-8-14(11,17-5)18-6/h11H,7-10H2,1-6H3. The van der Waals surface area contributed by atoms with Gasteiger partial charge >= 0.3 is 6.09 Å². The molecule has 118 valence electrons. The van der Waals surface area contributed by atoms with Gasteiger partial charge in [-0.15, -0.1) is 0 Å². The van der Waals surface area contributed by atoms with E-state index in [2.05, 4.69) is 0 Å². The summed E-state index contributed by atoms with van der Waals surface area (Å²) in [5.41, 5.74) is -0.505. The normalized spacial score (nSPS) is 22.7. The minimum absolute atomic E-state index is 0.330. The summed E-state index contributed by atoms with van der Waals surface area (Å²) >= 11 is 0. The third-order valence-electron chi connectivity index (χ3n) is 3.32. The first kappa shape index (κ1) is 17.2. The molecule has 1 fully saturated rings. The molecule has 1 amide bonds. The van der Waals surface area contributed by atoms with Crippen LogP contribution in [0.4, 0.5) is 4.79 Å². The lowest BCUT2D eigenvalue weighted by molar-refractivity contribution is -0.286. The van der Waals surface area contributed by atoms with Crippen LogP contribution in [0.3, 0.4) is 0 Å². The third kappa shape index (κ3) is 4.07. The van der Waals surface area contributed by atoms with Crippen LogP contribution in [0.2, 0.25) is 0 Å². The van der Waals surface area contributed by atoms with Crippen molar-refractivity contribution in [2.24, 2.45) is 0 Å². The second kappa shape index (κ2) is 6.74. The minimum Gasteiger partial charge on any atom is -0.444 e. The zero-order valence-electron chi connectivity index (χ0n) is 13.4. The molecule has 6 nitrogen and oxygen atoms in total. The summed E-state index contributed by atoms with van der Waals surface area (Å²) in [6, 6.07) is 0. The summed E-state index contributed by atoms with van der Waals surface area (Å²) < 4.78 is 22.1. The van der Waals surface area contributed by atoms with Crippen LogP contribution in [0.15, 0.2) is 0 Å². The van der Waals surface area contributed by atoms with Crippen molar-refractivity contribution in [3.63, 3.8) is 0 Å². The number of piperidine rings is 1. The lowest BCUT2D eigenvalue weighted by atomic mass is 10.00. The van der Waals surface area contributed by atoms with Gasteiger partial charge in [0.1, 0.15) is 11.7 Å². The van der Waals surface area contributed by atoms with Crippen LogP contribution in [-0.2, 0) is 18.9 Å². The second-order valence-electron chi connectivity index (χ2n) is 5.84. The molecule has 0 aliphatic carbocycles. The van der Waals surface area contributed by atoms with Gasteiger partial charge in [0.2, 0.25) is 0 Å². The van der Waals surface area contributed by atoms with Gasteiger partial charge in [0, 0.05) is 33.8 Å². The fraction of sp³-hybridized carbons (Fsp3) is 0.929. The van der Waals surface area contributed by atoms with Gasteiger partial charge < -0.3 is 23.8 Å². The third-order valence-corrected chi connectivity index (χ3v) is 3.32. The summed E-state index contributed by atoms with van der Waals surface area (Å²) in [7, 11) is 3.19. The van der Waals surface area contributed by atoms with Crippen molar-refractivity contribution >= 4 is 6.09 Å². The minimum atomic E-state index is -0.797. The van der Waals surface area contributed by atoms with Crippen molar-refractivity contribution in [1.29, 1.82) is 0 Å². The molecule has 0 aromatic carbocycles. The van der Waals surface area contributed by atoms with Crippen LogP contribution in [0.25, 0.3) is 0 Å². The molecule has 1 aliphatic heterocycles. The van der Waals surface area contributed by atoms with Crippen molar-refractivity contribution in [3.8, 4) is 0 Å². The van der Waals surface area contributed by atoms with Gasteiger partial charge in [-0.1, -0.05) is 0 Å². The van der Waals surface area contributed by atoms with E-state index in [4.69, 9.17) is 18.9 Å². The molecule has 1 saturated heterocycles. The molecule has 0 radical (unpaired) electrons. The zero-order valence-corrected chi connectivity index (χ0v) is 13.4. The smallest absolute Gasteiger partial charge is 0.410 e. The Balaban J connectivity index is 2.75. The fourth-order valence-electron chi connectivity index (χ4n) is 2.31. The second-order valence-corrected chi connectivity index (χ2v) is 5.84. The van der Waals surface area contributed by atoms with Gasteiger partial charge in [-0.3, -0.25) is 0 Å². The lowest BCUT2D eigenvalue weighted by Crippen LogP contribution is -2.60. The first-order valence-corrected chi connectivity index (χ1v) is 6.98. The Morgan fingerprint density at radius 3 is 2.35 bits per heavy atom. The summed E-state index contributed by atoms with van der Waals surface area (Å²) in [5, 5.41) is 0. The number of methoxy groups -OCH3 is 2. The zero-order chi connectivity index (χ0) is 15.4. The average molecular weight is 289 g/mol. The van der Waals surface area contributed by atoms with E-state index in [0.717, 1.165) is 0 Å². The van der Waals surface area contributed by atoms with E-state index >= 15 is 0 Å². The predicted molar refractivity (Wildman–Crippen MR) is 74.6 cm³/mol. The van der Waals surface area contributed by atoms with E-state index in [1.807, 2.05) is 27.7 Å². The summed E-state index contributed by atoms with van der Waals surface area (Å²) in [6.07, 6.45) is -0.115. The Labute approximate surface area is 121 Å². The highest BCUT2D eigenvalue weighted by atomic mass is 16.7. The Kier molecular flexibility index (Phi) is 5.79. The van der Waals surface area contributed by atoms with Gasteiger partial charge in [0.05, 0.1) is 6.54 Å². The molecule has 6 heteroatoms. The van der Waals surface area contributed by atoms with Crippen LogP contribution in [0.5, 0.6) is 0 Å². The maximum absolute atomic E-state index is 12.1. The summed E-state index contributed by atoms with van der Waals surface area (Å²) in [5.74, 6) is -0.797. The molecule has 1 heterocycles. The SMILES string of the molecule is CCOC1CN(C(=O)OC(C)(C)C)CCC1(OC)OC. The monoisotopic (exact) mass is 289 g/mol. The Hall–Kier alpha value is -0.850. The van der Waals surface area contributed by atoms with Crippen LogP contribution in [0.1, 0.15) is 34.1 Å². The van der Waals surface area contributed by atoms with Gasteiger partial charge in [-0.05, 0) is 27.7 Å². The molecular weight excluding hydrogens is 262 g/mol. The topological polar surface area (TPSA) is 57.2 Å². The number of carbonyl (C=O) groups is 1. The van der Waals surface area contributed by atoms with E-state index < -0.39 is 11.4 Å². The van der Waals surface area contributed by atoms with Crippen LogP contribution in [0, 0.1) is 0 Å². The van der Waals surface area contributed by atoms with Crippen LogP contribution < -0.4 is 0 Å². The number of likely N-dealkylation sites (tertiary alicyclic amines) is 1. The maximum atomic E-state index is 12.1. The Morgan fingerprint density at radius 2 is 1.90 bits per heavy atom. The molecule has 0 bridgehead atoms. The molecule has 0 spiro atoms. The summed E-state index contributed by atoms with van der Waals surface area (Å²) in [4.78, 5) is 13.8. The van der Waals surface area contributed by atoms with Crippen molar-refractivity contribution < 1.29 is 23.7 Å². The van der Waals surface area contributed by atoms with E-state index in [-0.39, 0.29) is 12.2 Å². The van der Waals surface area contributed by atoms with Gasteiger partial charge in [-0.25, -0.2) is 4.79 Å². The molecule has 0 aromatic rings. The highest BCUT2D eigenvalue weighted by Crippen LogP contribution is 2.30. The number of ether oxygens (including phenoxy) is 4. The molecular formula is C14H27NO5. The largest absolute Gasteiger partial charge is 0.444 e. The molecule has 1 atom stereocenters. The summed E-state index contributed by atoms with van der Waals surface area (Å²) in [6.45, 7) is 8.89. The lowest BCUT2D eigenvalue weighted by Gasteiger charge is -2.45. The molecule has 0 aromatic heterocycles. The number of carbonyl (C=O) groups excluding carboxylic acids is 1. The first-order chi connectivity index (χ1) is 9.28. The van der Waals surface area contributed by atoms with E-state index in [9.17, 15) is 4.79 Å². The van der Waals surface area contributed by atoms with Gasteiger partial charge in [-0.2, -0.15) is 0 Å². The Bertz CT molecular complexity index is 322. The van der Waals surface area contributed by atoms with Crippen LogP contribution in [-0.4, -0.2) is 62.4 Å². The molecule has 1 unspecified atom stereocenters. The highest BCUT2D eigenvalue weighted by molar-refractivity contribution is 5.68. The quantitative estimate of drug-likeness (QED) is 0.741. The number of hydrogen-bond acceptors (Lipinski definition) is 5. The predicted octanol–water partition coefficient (Wildman–Crippen LogP) is 2.02. The van der Waals surface area contributed by atoms with E-state index in [0.29, 0.717) is 26.1 Å². The van der Waals surface area contributed by atoms with Gasteiger partial charge in [0.25, 0.3) is 0 Å². The first-order valence-electron chi connectivity index (χ1n) is 6.98. The molecule has 20 heavy (non-hydrogen) atoms. The molecule has 1 aliphatic rings. The van der Waals surface area contributed by atoms with E-state index in [1.54, 1.807) is 19.1 Å². The number of amides is 1. The molecule has 1 rings (SSSR count). The van der Waals surface area contributed by atoms with Crippen LogP contribution >= 0.6 is 0 Å².